The van der Waals surface area contributed by atoms with Gasteiger partial charge in [-0.3, -0.25) is 4.79 Å². The van der Waals surface area contributed by atoms with Gasteiger partial charge in [0.1, 0.15) is 5.82 Å². The standard InChI is InChI=1S/C17H15F3N6O/c18-17(19,20)16-23-22-14-8-7-13(24-26(14)16)21-10-11-3-5-12(6-4-11)25-9-1-2-15(25)27/h3-8H,1-2,9-10H2,(H,21,24). The summed E-state index contributed by atoms with van der Waals surface area (Å²) in [5.74, 6) is -0.778. The normalized spacial score (nSPS) is 14.9. The van der Waals surface area contributed by atoms with Crippen molar-refractivity contribution >= 4 is 23.1 Å². The van der Waals surface area contributed by atoms with E-state index >= 15 is 0 Å². The minimum absolute atomic E-state index is 0.0208. The van der Waals surface area contributed by atoms with Crippen LogP contribution >= 0.6 is 0 Å². The van der Waals surface area contributed by atoms with Crippen LogP contribution in [0.3, 0.4) is 0 Å². The number of hydrogen-bond donors (Lipinski definition) is 1. The van der Waals surface area contributed by atoms with Gasteiger partial charge in [-0.05, 0) is 36.2 Å². The second-order valence-electron chi connectivity index (χ2n) is 6.18. The van der Waals surface area contributed by atoms with Gasteiger partial charge in [-0.15, -0.1) is 15.3 Å². The molecular formula is C17H15F3N6O. The van der Waals surface area contributed by atoms with Crippen molar-refractivity contribution < 1.29 is 18.0 Å². The lowest BCUT2D eigenvalue weighted by molar-refractivity contribution is -0.146. The van der Waals surface area contributed by atoms with E-state index in [1.54, 1.807) is 11.0 Å². The molecule has 4 rings (SSSR count). The first-order valence-corrected chi connectivity index (χ1v) is 8.35. The van der Waals surface area contributed by atoms with Crippen LogP contribution in [0.15, 0.2) is 36.4 Å². The van der Waals surface area contributed by atoms with Gasteiger partial charge in [0.05, 0.1) is 0 Å². The second kappa shape index (κ2) is 6.53. The van der Waals surface area contributed by atoms with Crippen molar-refractivity contribution in [3.8, 4) is 0 Å². The molecule has 10 heteroatoms. The van der Waals surface area contributed by atoms with Crippen molar-refractivity contribution in [3.05, 3.63) is 47.8 Å². The number of halogens is 3. The molecule has 0 unspecified atom stereocenters. The van der Waals surface area contributed by atoms with Crippen LogP contribution < -0.4 is 10.2 Å². The van der Waals surface area contributed by atoms with Crippen molar-refractivity contribution in [1.29, 1.82) is 0 Å². The number of alkyl halides is 3. The van der Waals surface area contributed by atoms with Crippen LogP contribution in [0.4, 0.5) is 24.7 Å². The molecule has 1 fully saturated rings. The molecule has 3 heterocycles. The Kier molecular flexibility index (Phi) is 4.17. The zero-order chi connectivity index (χ0) is 19.0. The van der Waals surface area contributed by atoms with E-state index in [2.05, 4.69) is 20.6 Å². The van der Waals surface area contributed by atoms with Crippen LogP contribution in [0.25, 0.3) is 5.65 Å². The molecule has 1 N–H and O–H groups in total. The average molecular weight is 376 g/mol. The first-order chi connectivity index (χ1) is 12.9. The van der Waals surface area contributed by atoms with Crippen LogP contribution in [-0.2, 0) is 17.5 Å². The Hall–Kier alpha value is -3.17. The van der Waals surface area contributed by atoms with Crippen LogP contribution in [0.1, 0.15) is 24.2 Å². The SMILES string of the molecule is O=C1CCCN1c1ccc(CNc2ccc3nnc(C(F)(F)F)n3n2)cc1. The van der Waals surface area contributed by atoms with Gasteiger partial charge in [0.15, 0.2) is 5.65 Å². The number of nitrogens with one attached hydrogen (secondary N) is 1. The summed E-state index contributed by atoms with van der Waals surface area (Å²) in [6.45, 7) is 1.09. The number of fused-ring (bicyclic) bond motifs is 1. The molecule has 1 amide bonds. The Labute approximate surface area is 151 Å². The quantitative estimate of drug-likeness (QED) is 0.758. The monoisotopic (exact) mass is 376 g/mol. The van der Waals surface area contributed by atoms with Crippen LogP contribution in [0.5, 0.6) is 0 Å². The molecule has 7 nitrogen and oxygen atoms in total. The summed E-state index contributed by atoms with van der Waals surface area (Å²) in [6, 6.07) is 10.4. The summed E-state index contributed by atoms with van der Waals surface area (Å²) >= 11 is 0. The van der Waals surface area contributed by atoms with Crippen molar-refractivity contribution in [3.63, 3.8) is 0 Å². The van der Waals surface area contributed by atoms with E-state index in [1.165, 1.54) is 6.07 Å². The van der Waals surface area contributed by atoms with Crippen LogP contribution in [-0.4, -0.2) is 32.3 Å². The summed E-state index contributed by atoms with van der Waals surface area (Å²) in [5, 5.41) is 13.5. The zero-order valence-corrected chi connectivity index (χ0v) is 14.1. The number of nitrogens with zero attached hydrogens (tertiary/aromatic N) is 5. The molecule has 27 heavy (non-hydrogen) atoms. The maximum absolute atomic E-state index is 12.9. The first kappa shape index (κ1) is 17.3. The van der Waals surface area contributed by atoms with Gasteiger partial charge in [-0.1, -0.05) is 12.1 Å². The molecule has 3 aromatic rings. The molecule has 1 aliphatic heterocycles. The van der Waals surface area contributed by atoms with Gasteiger partial charge >= 0.3 is 6.18 Å². The highest BCUT2D eigenvalue weighted by Crippen LogP contribution is 2.27. The van der Waals surface area contributed by atoms with E-state index in [9.17, 15) is 18.0 Å². The van der Waals surface area contributed by atoms with Crippen LogP contribution in [0.2, 0.25) is 0 Å². The maximum Gasteiger partial charge on any atom is 0.453 e. The molecule has 1 aromatic carbocycles. The number of hydrogen-bond acceptors (Lipinski definition) is 5. The molecule has 2 aromatic heterocycles. The third kappa shape index (κ3) is 3.42. The van der Waals surface area contributed by atoms with E-state index in [1.807, 2.05) is 24.3 Å². The Morgan fingerprint density at radius 2 is 1.85 bits per heavy atom. The average Bonchev–Trinajstić information content (AvgIpc) is 3.26. The van der Waals surface area contributed by atoms with Gasteiger partial charge in [0.25, 0.3) is 5.82 Å². The van der Waals surface area contributed by atoms with Gasteiger partial charge < -0.3 is 10.2 Å². The highest BCUT2D eigenvalue weighted by atomic mass is 19.4. The minimum atomic E-state index is -4.63. The molecule has 140 valence electrons. The van der Waals surface area contributed by atoms with E-state index in [0.717, 1.165) is 24.2 Å². The molecule has 0 radical (unpaired) electrons. The number of anilines is 2. The minimum Gasteiger partial charge on any atom is -0.365 e. The lowest BCUT2D eigenvalue weighted by Gasteiger charge is -2.16. The van der Waals surface area contributed by atoms with E-state index < -0.39 is 12.0 Å². The summed E-state index contributed by atoms with van der Waals surface area (Å²) in [6.07, 6.45) is -3.20. The number of carbonyl (C=O) groups excluding carboxylic acids is 1. The maximum atomic E-state index is 12.9. The third-order valence-corrected chi connectivity index (χ3v) is 4.31. The summed E-state index contributed by atoms with van der Waals surface area (Å²) in [5.41, 5.74) is 1.78. The molecule has 0 aliphatic carbocycles. The number of aromatic nitrogens is 4. The van der Waals surface area contributed by atoms with Gasteiger partial charge in [0, 0.05) is 25.2 Å². The predicted octanol–water partition coefficient (Wildman–Crippen LogP) is 2.88. The predicted molar refractivity (Wildman–Crippen MR) is 91.1 cm³/mol. The first-order valence-electron chi connectivity index (χ1n) is 8.35. The van der Waals surface area contributed by atoms with E-state index in [0.29, 0.717) is 17.5 Å². The van der Waals surface area contributed by atoms with Crippen molar-refractivity contribution in [2.75, 3.05) is 16.8 Å². The highest BCUT2D eigenvalue weighted by Gasteiger charge is 2.37. The number of amides is 1. The summed E-state index contributed by atoms with van der Waals surface area (Å²) in [4.78, 5) is 13.5. The van der Waals surface area contributed by atoms with Crippen molar-refractivity contribution in [1.82, 2.24) is 19.8 Å². The molecule has 0 saturated carbocycles. The third-order valence-electron chi connectivity index (χ3n) is 4.31. The molecule has 0 bridgehead atoms. The van der Waals surface area contributed by atoms with Crippen LogP contribution in [0, 0.1) is 0 Å². The largest absolute Gasteiger partial charge is 0.453 e. The van der Waals surface area contributed by atoms with Gasteiger partial charge in [0.2, 0.25) is 5.91 Å². The topological polar surface area (TPSA) is 75.4 Å². The molecular weight excluding hydrogens is 361 g/mol. The number of rotatable bonds is 4. The lowest BCUT2D eigenvalue weighted by Crippen LogP contribution is -2.23. The molecule has 1 saturated heterocycles. The van der Waals surface area contributed by atoms with E-state index in [4.69, 9.17) is 0 Å². The van der Waals surface area contributed by atoms with Crippen molar-refractivity contribution in [2.45, 2.75) is 25.6 Å². The molecule has 1 aliphatic rings. The smallest absolute Gasteiger partial charge is 0.365 e. The zero-order valence-electron chi connectivity index (χ0n) is 14.1. The fraction of sp³-hybridized carbons (Fsp3) is 0.294. The fourth-order valence-corrected chi connectivity index (χ4v) is 2.97. The Balaban J connectivity index is 1.47. The van der Waals surface area contributed by atoms with Crippen molar-refractivity contribution in [2.24, 2.45) is 0 Å². The lowest BCUT2D eigenvalue weighted by atomic mass is 10.2. The summed E-state index contributed by atoms with van der Waals surface area (Å²) in [7, 11) is 0. The second-order valence-corrected chi connectivity index (χ2v) is 6.18. The number of carbonyl (C=O) groups is 1. The Morgan fingerprint density at radius 3 is 2.52 bits per heavy atom. The number of benzene rings is 1. The fourth-order valence-electron chi connectivity index (χ4n) is 2.97. The highest BCUT2D eigenvalue weighted by molar-refractivity contribution is 5.95. The molecule has 0 atom stereocenters. The van der Waals surface area contributed by atoms with E-state index in [-0.39, 0.29) is 17.4 Å². The molecule has 0 spiro atoms. The Morgan fingerprint density at radius 1 is 1.07 bits per heavy atom. The summed E-state index contributed by atoms with van der Waals surface area (Å²) < 4.78 is 39.4. The van der Waals surface area contributed by atoms with Gasteiger partial charge in [-0.2, -0.15) is 17.7 Å². The Bertz CT molecular complexity index is 982. The van der Waals surface area contributed by atoms with Gasteiger partial charge in [-0.25, -0.2) is 0 Å².